The molecule has 1 N–H and O–H groups in total. The first-order valence-corrected chi connectivity index (χ1v) is 11.8. The molecule has 0 aromatic heterocycles. The van der Waals surface area contributed by atoms with E-state index in [1.165, 1.54) is 86.2 Å². The summed E-state index contributed by atoms with van der Waals surface area (Å²) in [6.07, 6.45) is 9.12. The predicted octanol–water partition coefficient (Wildman–Crippen LogP) is 5.37. The SMILES string of the molecule is Cc1cc2c3c(c1)NC(CN1CCC(CCCc4ccc(F)cc4)CC1)N3CCC2. The molecule has 5 rings (SSSR count). The fraction of sp³-hybridized carbons (Fsp3) is 0.538. The highest BCUT2D eigenvalue weighted by molar-refractivity contribution is 5.81. The molecular weight excluding hydrogens is 373 g/mol. The second-order valence-corrected chi connectivity index (χ2v) is 9.54. The lowest BCUT2D eigenvalue weighted by Gasteiger charge is -2.37. The normalized spacial score (nSPS) is 21.5. The number of halogens is 1. The molecule has 3 aliphatic heterocycles. The summed E-state index contributed by atoms with van der Waals surface area (Å²) in [5, 5.41) is 3.83. The van der Waals surface area contributed by atoms with Crippen molar-refractivity contribution >= 4 is 11.4 Å². The van der Waals surface area contributed by atoms with Crippen LogP contribution < -0.4 is 10.2 Å². The third kappa shape index (κ3) is 4.20. The van der Waals surface area contributed by atoms with Crippen molar-refractivity contribution in [3.63, 3.8) is 0 Å². The molecule has 1 fully saturated rings. The fourth-order valence-electron chi connectivity index (χ4n) is 5.71. The van der Waals surface area contributed by atoms with Crippen LogP contribution in [-0.4, -0.2) is 37.2 Å². The molecule has 1 atom stereocenters. The van der Waals surface area contributed by atoms with Crippen LogP contribution in [0.15, 0.2) is 36.4 Å². The largest absolute Gasteiger partial charge is 0.362 e. The van der Waals surface area contributed by atoms with E-state index >= 15 is 0 Å². The van der Waals surface area contributed by atoms with E-state index in [-0.39, 0.29) is 5.82 Å². The van der Waals surface area contributed by atoms with E-state index in [0.29, 0.717) is 6.17 Å². The van der Waals surface area contributed by atoms with Crippen molar-refractivity contribution < 1.29 is 4.39 Å². The van der Waals surface area contributed by atoms with Crippen LogP contribution in [0.25, 0.3) is 0 Å². The topological polar surface area (TPSA) is 18.5 Å². The second kappa shape index (κ2) is 8.58. The number of nitrogens with one attached hydrogen (secondary N) is 1. The zero-order valence-corrected chi connectivity index (χ0v) is 18.2. The van der Waals surface area contributed by atoms with Gasteiger partial charge in [0.15, 0.2) is 0 Å². The third-order valence-electron chi connectivity index (χ3n) is 7.29. The Hall–Kier alpha value is -2.07. The molecule has 1 unspecified atom stereocenters. The minimum absolute atomic E-state index is 0.137. The highest BCUT2D eigenvalue weighted by Crippen LogP contribution is 2.42. The second-order valence-electron chi connectivity index (χ2n) is 9.54. The standard InChI is InChI=1S/C26H34FN3/c1-19-16-22-6-3-13-30-25(28-24(17-19)26(22)30)18-29-14-11-21(12-15-29)5-2-4-20-7-9-23(27)10-8-20/h7-10,16-17,21,25,28H,2-6,11-15,18H2,1H3. The number of piperidine rings is 1. The summed E-state index contributed by atoms with van der Waals surface area (Å²) in [6.45, 7) is 6.95. The van der Waals surface area contributed by atoms with Crippen LogP contribution in [0.4, 0.5) is 15.8 Å². The lowest BCUT2D eigenvalue weighted by molar-refractivity contribution is 0.171. The molecule has 1 saturated heterocycles. The number of rotatable bonds is 6. The quantitative estimate of drug-likeness (QED) is 0.694. The van der Waals surface area contributed by atoms with Crippen molar-refractivity contribution in [2.24, 2.45) is 5.92 Å². The van der Waals surface area contributed by atoms with Gasteiger partial charge in [-0.25, -0.2) is 4.39 Å². The Bertz CT molecular complexity index is 871. The summed E-state index contributed by atoms with van der Waals surface area (Å²) in [6, 6.07) is 11.7. The molecule has 3 heterocycles. The maximum Gasteiger partial charge on any atom is 0.123 e. The van der Waals surface area contributed by atoms with E-state index in [0.717, 1.165) is 18.9 Å². The summed E-state index contributed by atoms with van der Waals surface area (Å²) in [4.78, 5) is 5.30. The minimum atomic E-state index is -0.137. The third-order valence-corrected chi connectivity index (χ3v) is 7.29. The molecule has 3 aliphatic rings. The van der Waals surface area contributed by atoms with Crippen molar-refractivity contribution in [3.05, 3.63) is 58.9 Å². The van der Waals surface area contributed by atoms with Gasteiger partial charge in [0.1, 0.15) is 12.0 Å². The van der Waals surface area contributed by atoms with Gasteiger partial charge in [0.25, 0.3) is 0 Å². The van der Waals surface area contributed by atoms with Crippen LogP contribution in [0.5, 0.6) is 0 Å². The summed E-state index contributed by atoms with van der Waals surface area (Å²) in [5.41, 5.74) is 7.00. The average Bonchev–Trinajstić information content (AvgIpc) is 3.09. The molecule has 30 heavy (non-hydrogen) atoms. The van der Waals surface area contributed by atoms with Gasteiger partial charge in [-0.3, -0.25) is 4.90 Å². The molecule has 160 valence electrons. The molecular formula is C26H34FN3. The first kappa shape index (κ1) is 19.9. The molecule has 2 aromatic rings. The Labute approximate surface area is 180 Å². The number of aryl methyl sites for hydroxylation is 3. The number of hydrogen-bond donors (Lipinski definition) is 1. The molecule has 0 amide bonds. The van der Waals surface area contributed by atoms with Gasteiger partial charge in [0.2, 0.25) is 0 Å². The number of anilines is 2. The number of nitrogens with zero attached hydrogens (tertiary/aromatic N) is 2. The monoisotopic (exact) mass is 407 g/mol. The average molecular weight is 408 g/mol. The van der Waals surface area contributed by atoms with Crippen molar-refractivity contribution in [2.45, 2.75) is 58.0 Å². The zero-order chi connectivity index (χ0) is 20.5. The Balaban J connectivity index is 1.09. The van der Waals surface area contributed by atoms with Gasteiger partial charge < -0.3 is 10.2 Å². The summed E-state index contributed by atoms with van der Waals surface area (Å²) in [7, 11) is 0. The molecule has 2 aromatic carbocycles. The van der Waals surface area contributed by atoms with Gasteiger partial charge >= 0.3 is 0 Å². The minimum Gasteiger partial charge on any atom is -0.362 e. The van der Waals surface area contributed by atoms with Gasteiger partial charge in [-0.05, 0) is 99.3 Å². The highest BCUT2D eigenvalue weighted by atomic mass is 19.1. The van der Waals surface area contributed by atoms with Crippen molar-refractivity contribution in [1.82, 2.24) is 4.90 Å². The summed E-state index contributed by atoms with van der Waals surface area (Å²) < 4.78 is 13.0. The molecule has 0 spiro atoms. The van der Waals surface area contributed by atoms with E-state index in [1.807, 2.05) is 12.1 Å². The van der Waals surface area contributed by atoms with Crippen molar-refractivity contribution in [3.8, 4) is 0 Å². The van der Waals surface area contributed by atoms with Gasteiger partial charge in [-0.1, -0.05) is 24.6 Å². The first-order chi connectivity index (χ1) is 14.7. The smallest absolute Gasteiger partial charge is 0.123 e. The molecule has 4 heteroatoms. The van der Waals surface area contributed by atoms with Crippen LogP contribution in [0, 0.1) is 18.7 Å². The van der Waals surface area contributed by atoms with E-state index in [2.05, 4.69) is 34.2 Å². The van der Waals surface area contributed by atoms with Crippen LogP contribution in [0.1, 0.15) is 48.8 Å². The number of benzene rings is 2. The summed E-state index contributed by atoms with van der Waals surface area (Å²) >= 11 is 0. The maximum atomic E-state index is 13.0. The van der Waals surface area contributed by atoms with Crippen LogP contribution in [0.3, 0.4) is 0 Å². The van der Waals surface area contributed by atoms with Gasteiger partial charge in [0, 0.05) is 13.1 Å². The lowest BCUT2D eigenvalue weighted by atomic mass is 9.90. The number of hydrogen-bond acceptors (Lipinski definition) is 3. The maximum absolute atomic E-state index is 13.0. The molecule has 0 bridgehead atoms. The Kier molecular flexibility index (Phi) is 5.68. The van der Waals surface area contributed by atoms with E-state index in [9.17, 15) is 4.39 Å². The van der Waals surface area contributed by atoms with Crippen molar-refractivity contribution in [1.29, 1.82) is 0 Å². The van der Waals surface area contributed by atoms with E-state index < -0.39 is 0 Å². The number of likely N-dealkylation sites (tertiary alicyclic amines) is 1. The van der Waals surface area contributed by atoms with Gasteiger partial charge in [-0.15, -0.1) is 0 Å². The molecule has 0 aliphatic carbocycles. The zero-order valence-electron chi connectivity index (χ0n) is 18.2. The highest BCUT2D eigenvalue weighted by Gasteiger charge is 2.34. The van der Waals surface area contributed by atoms with Gasteiger partial charge in [0.05, 0.1) is 11.4 Å². The molecule has 3 nitrogen and oxygen atoms in total. The van der Waals surface area contributed by atoms with Crippen molar-refractivity contribution in [2.75, 3.05) is 36.4 Å². The van der Waals surface area contributed by atoms with Crippen LogP contribution in [-0.2, 0) is 12.8 Å². The Morgan fingerprint density at radius 3 is 2.67 bits per heavy atom. The first-order valence-electron chi connectivity index (χ1n) is 11.8. The summed E-state index contributed by atoms with van der Waals surface area (Å²) in [5.74, 6) is 0.710. The predicted molar refractivity (Wildman–Crippen MR) is 123 cm³/mol. The van der Waals surface area contributed by atoms with E-state index in [4.69, 9.17) is 0 Å². The lowest BCUT2D eigenvalue weighted by Crippen LogP contribution is -2.48. The van der Waals surface area contributed by atoms with Crippen LogP contribution >= 0.6 is 0 Å². The molecule has 0 saturated carbocycles. The Morgan fingerprint density at radius 2 is 1.87 bits per heavy atom. The van der Waals surface area contributed by atoms with Gasteiger partial charge in [-0.2, -0.15) is 0 Å². The fourth-order valence-corrected chi connectivity index (χ4v) is 5.71. The van der Waals surface area contributed by atoms with Crippen LogP contribution in [0.2, 0.25) is 0 Å². The Morgan fingerprint density at radius 1 is 1.07 bits per heavy atom. The molecule has 0 radical (unpaired) electrons. The van der Waals surface area contributed by atoms with E-state index in [1.54, 1.807) is 12.1 Å².